The van der Waals surface area contributed by atoms with E-state index < -0.39 is 0 Å². The first-order valence-corrected chi connectivity index (χ1v) is 7.87. The summed E-state index contributed by atoms with van der Waals surface area (Å²) >= 11 is 0. The molecule has 1 aliphatic heterocycles. The van der Waals surface area contributed by atoms with E-state index in [1.807, 2.05) is 0 Å². The topological polar surface area (TPSA) is 46.5 Å². The van der Waals surface area contributed by atoms with Crippen LogP contribution in [0.3, 0.4) is 0 Å². The standard InChI is InChI=1S/C17H22O3/c1-17-7-6-11-12(14(17)4-5-15(17)18)3-2-10-8-16(19)20-9-13(10)11/h8,12,14-15,18H,2-7,9H2,1H3/t12-,14+,15+,17+/m1/s1. The van der Waals surface area contributed by atoms with Gasteiger partial charge in [-0.2, -0.15) is 0 Å². The van der Waals surface area contributed by atoms with Crippen LogP contribution in [-0.2, 0) is 9.53 Å². The lowest BCUT2D eigenvalue weighted by molar-refractivity contribution is -0.137. The Balaban J connectivity index is 1.74. The molecule has 2 saturated carbocycles. The summed E-state index contributed by atoms with van der Waals surface area (Å²) in [4.78, 5) is 11.4. The van der Waals surface area contributed by atoms with Gasteiger partial charge in [-0.05, 0) is 66.9 Å². The predicted octanol–water partition coefficient (Wildman–Crippen LogP) is 2.75. The SMILES string of the molecule is C[C@]12CCC3=C4COC(=O)C=C4CC[C@H]3[C@@H]1CC[C@@H]2O. The summed E-state index contributed by atoms with van der Waals surface area (Å²) in [6.07, 6.45) is 7.97. The molecule has 1 N–H and O–H groups in total. The van der Waals surface area contributed by atoms with Gasteiger partial charge in [-0.15, -0.1) is 0 Å². The minimum Gasteiger partial charge on any atom is -0.458 e. The first-order valence-electron chi connectivity index (χ1n) is 7.87. The number of carbonyl (C=O) groups excluding carboxylic acids is 1. The van der Waals surface area contributed by atoms with Crippen molar-refractivity contribution < 1.29 is 14.6 Å². The second kappa shape index (κ2) is 4.20. The molecule has 3 nitrogen and oxygen atoms in total. The fraction of sp³-hybridized carbons (Fsp3) is 0.706. The van der Waals surface area contributed by atoms with E-state index in [2.05, 4.69) is 6.92 Å². The van der Waals surface area contributed by atoms with Crippen molar-refractivity contribution in [2.75, 3.05) is 6.61 Å². The van der Waals surface area contributed by atoms with Crippen molar-refractivity contribution in [1.29, 1.82) is 0 Å². The second-order valence-electron chi connectivity index (χ2n) is 7.13. The molecule has 3 aliphatic carbocycles. The number of carbonyl (C=O) groups is 1. The van der Waals surface area contributed by atoms with Crippen LogP contribution in [0.4, 0.5) is 0 Å². The molecule has 4 atom stereocenters. The van der Waals surface area contributed by atoms with Gasteiger partial charge in [-0.25, -0.2) is 4.79 Å². The van der Waals surface area contributed by atoms with E-state index in [9.17, 15) is 9.90 Å². The van der Waals surface area contributed by atoms with Crippen LogP contribution in [0.15, 0.2) is 22.8 Å². The molecular formula is C17H22O3. The van der Waals surface area contributed by atoms with Gasteiger partial charge in [0.2, 0.25) is 0 Å². The number of aliphatic hydroxyl groups is 1. The molecule has 20 heavy (non-hydrogen) atoms. The fourth-order valence-electron chi connectivity index (χ4n) is 5.18. The number of cyclic esters (lactones) is 1. The summed E-state index contributed by atoms with van der Waals surface area (Å²) in [7, 11) is 0. The van der Waals surface area contributed by atoms with Crippen LogP contribution in [0.2, 0.25) is 0 Å². The molecule has 2 fully saturated rings. The highest BCUT2D eigenvalue weighted by Crippen LogP contribution is 2.59. The van der Waals surface area contributed by atoms with E-state index in [1.165, 1.54) is 16.7 Å². The maximum Gasteiger partial charge on any atom is 0.331 e. The maximum absolute atomic E-state index is 11.4. The van der Waals surface area contributed by atoms with Gasteiger partial charge in [-0.3, -0.25) is 0 Å². The van der Waals surface area contributed by atoms with Crippen LogP contribution in [0.25, 0.3) is 0 Å². The third-order valence-electron chi connectivity index (χ3n) is 6.38. The van der Waals surface area contributed by atoms with Crippen molar-refractivity contribution in [3.8, 4) is 0 Å². The summed E-state index contributed by atoms with van der Waals surface area (Å²) in [6, 6.07) is 0. The zero-order chi connectivity index (χ0) is 13.9. The highest BCUT2D eigenvalue weighted by molar-refractivity contribution is 5.85. The van der Waals surface area contributed by atoms with Crippen molar-refractivity contribution in [3.63, 3.8) is 0 Å². The average molecular weight is 274 g/mol. The number of allylic oxidation sites excluding steroid dienone is 1. The van der Waals surface area contributed by atoms with E-state index in [0.29, 0.717) is 18.4 Å². The molecule has 0 aromatic carbocycles. The minimum atomic E-state index is -0.181. The third kappa shape index (κ3) is 1.59. The summed E-state index contributed by atoms with van der Waals surface area (Å²) < 4.78 is 5.23. The van der Waals surface area contributed by atoms with Gasteiger partial charge >= 0.3 is 5.97 Å². The van der Waals surface area contributed by atoms with Gasteiger partial charge in [0, 0.05) is 6.08 Å². The van der Waals surface area contributed by atoms with Crippen molar-refractivity contribution in [2.24, 2.45) is 17.3 Å². The van der Waals surface area contributed by atoms with E-state index >= 15 is 0 Å². The zero-order valence-corrected chi connectivity index (χ0v) is 12.0. The second-order valence-corrected chi connectivity index (χ2v) is 7.13. The molecule has 1 heterocycles. The lowest BCUT2D eigenvalue weighted by Crippen LogP contribution is -2.42. The maximum atomic E-state index is 11.4. The monoisotopic (exact) mass is 274 g/mol. The Labute approximate surface area is 119 Å². The number of hydrogen-bond donors (Lipinski definition) is 1. The normalized spacial score (nSPS) is 43.4. The molecule has 4 rings (SSSR count). The predicted molar refractivity (Wildman–Crippen MR) is 74.9 cm³/mol. The molecule has 0 aromatic heterocycles. The Morgan fingerprint density at radius 2 is 2.15 bits per heavy atom. The van der Waals surface area contributed by atoms with Crippen LogP contribution < -0.4 is 0 Å². The number of hydrogen-bond acceptors (Lipinski definition) is 3. The smallest absolute Gasteiger partial charge is 0.331 e. The van der Waals surface area contributed by atoms with Crippen molar-refractivity contribution in [1.82, 2.24) is 0 Å². The molecule has 0 saturated heterocycles. The number of esters is 1. The molecular weight excluding hydrogens is 252 g/mol. The quantitative estimate of drug-likeness (QED) is 0.691. The van der Waals surface area contributed by atoms with Gasteiger partial charge in [0.05, 0.1) is 6.10 Å². The first kappa shape index (κ1) is 12.6. The molecule has 0 aromatic rings. The molecule has 3 heteroatoms. The van der Waals surface area contributed by atoms with Crippen LogP contribution in [0.1, 0.15) is 45.4 Å². The van der Waals surface area contributed by atoms with Crippen LogP contribution in [0, 0.1) is 17.3 Å². The lowest BCUT2D eigenvalue weighted by atomic mass is 9.58. The van der Waals surface area contributed by atoms with Gasteiger partial charge < -0.3 is 9.84 Å². The Morgan fingerprint density at radius 1 is 1.30 bits per heavy atom. The van der Waals surface area contributed by atoms with Crippen LogP contribution in [0.5, 0.6) is 0 Å². The molecule has 0 amide bonds. The number of rotatable bonds is 0. The van der Waals surface area contributed by atoms with E-state index in [1.54, 1.807) is 6.08 Å². The summed E-state index contributed by atoms with van der Waals surface area (Å²) in [6.45, 7) is 2.76. The highest BCUT2D eigenvalue weighted by Gasteiger charge is 2.53. The minimum absolute atomic E-state index is 0.112. The van der Waals surface area contributed by atoms with E-state index in [0.717, 1.165) is 38.5 Å². The van der Waals surface area contributed by atoms with E-state index in [-0.39, 0.29) is 17.5 Å². The molecule has 0 radical (unpaired) electrons. The average Bonchev–Trinajstić information content (AvgIpc) is 2.74. The largest absolute Gasteiger partial charge is 0.458 e. The highest BCUT2D eigenvalue weighted by atomic mass is 16.5. The Kier molecular flexibility index (Phi) is 2.65. The number of aliphatic hydroxyl groups excluding tert-OH is 1. The Bertz CT molecular complexity index is 530. The molecule has 0 bridgehead atoms. The number of ether oxygens (including phenoxy) is 1. The lowest BCUT2D eigenvalue weighted by Gasteiger charge is -2.48. The Hall–Kier alpha value is -1.09. The van der Waals surface area contributed by atoms with Gasteiger partial charge in [0.25, 0.3) is 0 Å². The van der Waals surface area contributed by atoms with Gasteiger partial charge in [-0.1, -0.05) is 12.5 Å². The summed E-state index contributed by atoms with van der Waals surface area (Å²) in [5, 5.41) is 10.3. The van der Waals surface area contributed by atoms with Crippen molar-refractivity contribution >= 4 is 5.97 Å². The van der Waals surface area contributed by atoms with Gasteiger partial charge in [0.1, 0.15) is 6.61 Å². The zero-order valence-electron chi connectivity index (χ0n) is 12.0. The van der Waals surface area contributed by atoms with Crippen molar-refractivity contribution in [2.45, 2.75) is 51.6 Å². The number of fused-ring (bicyclic) bond motifs is 4. The molecule has 4 aliphatic rings. The Morgan fingerprint density at radius 3 is 3.00 bits per heavy atom. The van der Waals surface area contributed by atoms with Crippen LogP contribution >= 0.6 is 0 Å². The van der Waals surface area contributed by atoms with E-state index in [4.69, 9.17) is 4.74 Å². The molecule has 108 valence electrons. The molecule has 0 unspecified atom stereocenters. The third-order valence-corrected chi connectivity index (χ3v) is 6.38. The van der Waals surface area contributed by atoms with Crippen molar-refractivity contribution in [3.05, 3.63) is 22.8 Å². The molecule has 0 spiro atoms. The van der Waals surface area contributed by atoms with Crippen LogP contribution in [-0.4, -0.2) is 23.8 Å². The first-order chi connectivity index (χ1) is 9.59. The summed E-state index contributed by atoms with van der Waals surface area (Å²) in [5.41, 5.74) is 4.17. The fourth-order valence-corrected chi connectivity index (χ4v) is 5.18. The summed E-state index contributed by atoms with van der Waals surface area (Å²) in [5.74, 6) is 1.04. The van der Waals surface area contributed by atoms with Gasteiger partial charge in [0.15, 0.2) is 0 Å².